The lowest BCUT2D eigenvalue weighted by atomic mass is 10.4. The Kier molecular flexibility index (Phi) is 12.0. The molecule has 0 radical (unpaired) electrons. The molecule has 0 amide bonds. The van der Waals surface area contributed by atoms with Crippen LogP contribution in [0.2, 0.25) is 0 Å². The highest BCUT2D eigenvalue weighted by atomic mass is 32.3. The van der Waals surface area contributed by atoms with Gasteiger partial charge in [0.25, 0.3) is 0 Å². The van der Waals surface area contributed by atoms with Crippen molar-refractivity contribution in [2.45, 2.75) is 64.3 Å². The van der Waals surface area contributed by atoms with E-state index in [0.717, 1.165) is 41.9 Å². The minimum absolute atomic E-state index is 0.0107. The Morgan fingerprint density at radius 1 is 0.677 bits per heavy atom. The summed E-state index contributed by atoms with van der Waals surface area (Å²) in [6.07, 6.45) is 2.55. The van der Waals surface area contributed by atoms with Gasteiger partial charge < -0.3 is 0 Å². The summed E-state index contributed by atoms with van der Waals surface area (Å²) in [5.74, 6) is 0.976. The number of nitrogens with zero attached hydrogens (tertiary/aromatic N) is 4. The van der Waals surface area contributed by atoms with Crippen LogP contribution in [0.3, 0.4) is 0 Å². The monoisotopic (exact) mass is 550 g/mol. The number of unbranched alkanes of at least 4 members (excludes halogenated alkanes) is 1. The van der Waals surface area contributed by atoms with Crippen molar-refractivity contribution >= 4 is 63.9 Å². The molecule has 2 atom stereocenters. The van der Waals surface area contributed by atoms with Crippen LogP contribution in [-0.4, -0.2) is 68.7 Å². The summed E-state index contributed by atoms with van der Waals surface area (Å²) in [7, 11) is -9.07. The average molecular weight is 551 g/mol. The smallest absolute Gasteiger partial charge is 0.233 e. The summed E-state index contributed by atoms with van der Waals surface area (Å²) in [6, 6.07) is 0. The maximum atomic E-state index is 11.7. The molecular weight excluding hydrogens is 525 g/mol. The number of hydrogen-bond acceptors (Lipinski definition) is 12. The molecule has 0 aliphatic rings. The van der Waals surface area contributed by atoms with E-state index in [9.17, 15) is 25.3 Å². The lowest BCUT2D eigenvalue weighted by Gasteiger charge is -1.94. The van der Waals surface area contributed by atoms with Gasteiger partial charge in [-0.15, -0.1) is 20.4 Å². The molecule has 0 saturated carbocycles. The van der Waals surface area contributed by atoms with Crippen molar-refractivity contribution in [1.29, 1.82) is 0 Å². The van der Waals surface area contributed by atoms with Gasteiger partial charge in [0.2, 0.25) is 37.0 Å². The molecule has 0 saturated heterocycles. The van der Waals surface area contributed by atoms with Gasteiger partial charge in [-0.3, -0.25) is 8.42 Å². The Morgan fingerprint density at radius 3 is 1.45 bits per heavy atom. The van der Waals surface area contributed by atoms with E-state index in [0.29, 0.717) is 20.2 Å². The van der Waals surface area contributed by atoms with E-state index >= 15 is 0 Å². The maximum absolute atomic E-state index is 11.7. The molecule has 2 unspecified atom stereocenters. The summed E-state index contributed by atoms with van der Waals surface area (Å²) >= 11 is 1.81. The lowest BCUT2D eigenvalue weighted by molar-refractivity contribution is 0.593. The minimum Gasteiger partial charge on any atom is -0.252 e. The second-order valence-electron chi connectivity index (χ2n) is 5.93. The third-order valence-electron chi connectivity index (χ3n) is 3.53. The van der Waals surface area contributed by atoms with Crippen molar-refractivity contribution in [3.05, 3.63) is 0 Å². The van der Waals surface area contributed by atoms with Gasteiger partial charge in [0.15, 0.2) is 0 Å². The predicted octanol–water partition coefficient (Wildman–Crippen LogP) is 2.09. The standard InChI is InChI=1S/C8H14N2O3S3.C7H12N2O3S3/c1-3-5-6-15(11)7-9-10-8(14-7)16(12,13)4-2;1-3-5-14(10)6-8-9-7(13-6)15(11,12)4-2/h3-6H2,1-2H3;3-5H2,1-2H3. The van der Waals surface area contributed by atoms with Crippen LogP contribution in [0.4, 0.5) is 0 Å². The molecule has 0 aromatic carbocycles. The van der Waals surface area contributed by atoms with Gasteiger partial charge in [0.1, 0.15) is 0 Å². The molecule has 0 fully saturated rings. The van der Waals surface area contributed by atoms with Gasteiger partial charge >= 0.3 is 0 Å². The zero-order chi connectivity index (χ0) is 23.7. The van der Waals surface area contributed by atoms with Gasteiger partial charge in [-0.05, 0) is 12.8 Å². The van der Waals surface area contributed by atoms with Crippen molar-refractivity contribution in [2.75, 3.05) is 23.0 Å². The first kappa shape index (κ1) is 28.4. The summed E-state index contributed by atoms with van der Waals surface area (Å²) in [5.41, 5.74) is 0. The third-order valence-corrected chi connectivity index (χ3v) is 13.3. The molecule has 2 heterocycles. The Bertz CT molecular complexity index is 1090. The molecule has 0 aliphatic heterocycles. The van der Waals surface area contributed by atoms with Crippen molar-refractivity contribution in [1.82, 2.24) is 20.4 Å². The quantitative estimate of drug-likeness (QED) is 0.406. The van der Waals surface area contributed by atoms with Crippen LogP contribution in [0, 0.1) is 0 Å². The van der Waals surface area contributed by atoms with Gasteiger partial charge in [0.05, 0.1) is 33.1 Å². The minimum atomic E-state index is -3.32. The summed E-state index contributed by atoms with van der Waals surface area (Å²) in [6.45, 7) is 7.00. The van der Waals surface area contributed by atoms with Crippen molar-refractivity contribution in [3.63, 3.8) is 0 Å². The Hall–Kier alpha value is -0.680. The molecule has 178 valence electrons. The maximum Gasteiger partial charge on any atom is 0.233 e. The number of aromatic nitrogens is 4. The Morgan fingerprint density at radius 2 is 1.10 bits per heavy atom. The van der Waals surface area contributed by atoms with E-state index in [1.807, 2.05) is 13.8 Å². The Balaban J connectivity index is 0.000000311. The van der Waals surface area contributed by atoms with Crippen LogP contribution in [0.15, 0.2) is 17.4 Å². The highest BCUT2D eigenvalue weighted by Gasteiger charge is 2.21. The fourth-order valence-electron chi connectivity index (χ4n) is 1.71. The second-order valence-corrected chi connectivity index (χ2v) is 16.3. The molecule has 0 bridgehead atoms. The first-order valence-electron chi connectivity index (χ1n) is 9.41. The Labute approximate surface area is 196 Å². The first-order valence-corrected chi connectivity index (χ1v) is 17.0. The van der Waals surface area contributed by atoms with Crippen LogP contribution < -0.4 is 0 Å². The molecule has 2 rings (SSSR count). The molecule has 0 spiro atoms. The largest absolute Gasteiger partial charge is 0.252 e. The molecular formula is C15H26N4O6S6. The average Bonchev–Trinajstić information content (AvgIpc) is 3.43. The van der Waals surface area contributed by atoms with E-state index in [1.165, 1.54) is 0 Å². The molecule has 10 nitrogen and oxygen atoms in total. The van der Waals surface area contributed by atoms with E-state index in [1.54, 1.807) is 13.8 Å². The molecule has 31 heavy (non-hydrogen) atoms. The van der Waals surface area contributed by atoms with Gasteiger partial charge in [0, 0.05) is 11.5 Å². The lowest BCUT2D eigenvalue weighted by Crippen LogP contribution is -2.02. The van der Waals surface area contributed by atoms with Gasteiger partial charge in [-0.1, -0.05) is 56.8 Å². The normalized spacial score (nSPS) is 13.9. The van der Waals surface area contributed by atoms with E-state index in [4.69, 9.17) is 0 Å². The van der Waals surface area contributed by atoms with Crippen LogP contribution in [0.25, 0.3) is 0 Å². The predicted molar refractivity (Wildman–Crippen MR) is 123 cm³/mol. The number of hydrogen-bond donors (Lipinski definition) is 0. The third kappa shape index (κ3) is 8.64. The number of rotatable bonds is 11. The first-order chi connectivity index (χ1) is 14.5. The summed E-state index contributed by atoms with van der Waals surface area (Å²) in [4.78, 5) is 0. The van der Waals surface area contributed by atoms with E-state index in [-0.39, 0.29) is 20.2 Å². The van der Waals surface area contributed by atoms with Gasteiger partial charge in [-0.2, -0.15) is 0 Å². The fraction of sp³-hybridized carbons (Fsp3) is 0.733. The molecule has 16 heteroatoms. The molecule has 2 aromatic rings. The molecule has 0 aliphatic carbocycles. The highest BCUT2D eigenvalue weighted by Crippen LogP contribution is 2.21. The van der Waals surface area contributed by atoms with Crippen LogP contribution in [0.5, 0.6) is 0 Å². The molecule has 0 N–H and O–H groups in total. The molecule has 2 aromatic heterocycles. The van der Waals surface area contributed by atoms with E-state index < -0.39 is 41.3 Å². The van der Waals surface area contributed by atoms with Crippen molar-refractivity contribution in [3.8, 4) is 0 Å². The second kappa shape index (κ2) is 13.1. The van der Waals surface area contributed by atoms with E-state index in [2.05, 4.69) is 20.4 Å². The highest BCUT2D eigenvalue weighted by molar-refractivity contribution is 7.94. The zero-order valence-electron chi connectivity index (χ0n) is 17.6. The van der Waals surface area contributed by atoms with Crippen molar-refractivity contribution < 1.29 is 25.3 Å². The van der Waals surface area contributed by atoms with Crippen LogP contribution in [-0.2, 0) is 41.3 Å². The topological polar surface area (TPSA) is 154 Å². The van der Waals surface area contributed by atoms with Crippen LogP contribution in [0.1, 0.15) is 47.0 Å². The number of sulfone groups is 2. The van der Waals surface area contributed by atoms with Crippen LogP contribution >= 0.6 is 22.7 Å². The summed E-state index contributed by atoms with van der Waals surface area (Å²) < 4.78 is 69.4. The van der Waals surface area contributed by atoms with Crippen molar-refractivity contribution in [2.24, 2.45) is 0 Å². The fourth-order valence-corrected chi connectivity index (χ4v) is 8.93. The summed E-state index contributed by atoms with van der Waals surface area (Å²) in [5, 5.41) is 14.4. The van der Waals surface area contributed by atoms with Gasteiger partial charge in [-0.25, -0.2) is 16.8 Å². The zero-order valence-corrected chi connectivity index (χ0v) is 22.5. The SMILES string of the molecule is CCCCS(=O)c1nnc(S(=O)(=O)CC)s1.CCCS(=O)c1nnc(S(=O)(=O)CC)s1.